The summed E-state index contributed by atoms with van der Waals surface area (Å²) in [6.45, 7) is 4.25. The van der Waals surface area contributed by atoms with Gasteiger partial charge in [-0.3, -0.25) is 4.57 Å². The van der Waals surface area contributed by atoms with Gasteiger partial charge in [0.25, 0.3) is 0 Å². The fourth-order valence-electron chi connectivity index (χ4n) is 5.56. The van der Waals surface area contributed by atoms with Crippen molar-refractivity contribution in [2.24, 2.45) is 9.98 Å². The molecule has 2 heterocycles. The minimum Gasteiger partial charge on any atom is -0.493 e. The molecule has 186 valence electrons. The molecule has 1 saturated carbocycles. The summed E-state index contributed by atoms with van der Waals surface area (Å²) < 4.78 is 2.08. The Morgan fingerprint density at radius 1 is 0.946 bits per heavy atom. The monoisotopic (exact) mass is 505 g/mol. The van der Waals surface area contributed by atoms with Gasteiger partial charge < -0.3 is 5.11 Å². The van der Waals surface area contributed by atoms with Crippen LogP contribution < -0.4 is 4.80 Å². The molecule has 3 aromatic carbocycles. The van der Waals surface area contributed by atoms with Crippen molar-refractivity contribution < 1.29 is 5.11 Å². The average Bonchev–Trinajstić information content (AvgIpc) is 3.43. The predicted molar refractivity (Wildman–Crippen MR) is 154 cm³/mol. The van der Waals surface area contributed by atoms with Gasteiger partial charge in [-0.05, 0) is 56.5 Å². The summed E-state index contributed by atoms with van der Waals surface area (Å²) in [5.41, 5.74) is 8.48. The van der Waals surface area contributed by atoms with E-state index < -0.39 is 0 Å². The molecule has 0 unspecified atom stereocenters. The van der Waals surface area contributed by atoms with Crippen molar-refractivity contribution in [3.63, 3.8) is 0 Å². The van der Waals surface area contributed by atoms with Crippen LogP contribution in [0.5, 0.6) is 5.88 Å². The maximum absolute atomic E-state index is 11.6. The van der Waals surface area contributed by atoms with E-state index >= 15 is 0 Å². The maximum atomic E-state index is 11.6. The van der Waals surface area contributed by atoms with Crippen LogP contribution in [-0.2, 0) is 0 Å². The van der Waals surface area contributed by atoms with Gasteiger partial charge in [-0.2, -0.15) is 0 Å². The highest BCUT2D eigenvalue weighted by molar-refractivity contribution is 7.10. The molecule has 6 rings (SSSR count). The highest BCUT2D eigenvalue weighted by Gasteiger charge is 2.27. The second-order valence-corrected chi connectivity index (χ2v) is 11.1. The number of hydrogen-bond donors (Lipinski definition) is 1. The lowest BCUT2D eigenvalue weighted by molar-refractivity contribution is 0.307. The number of hydrogen-bond acceptors (Lipinski definition) is 4. The third-order valence-corrected chi connectivity index (χ3v) is 8.30. The van der Waals surface area contributed by atoms with E-state index in [0.29, 0.717) is 5.88 Å². The van der Waals surface area contributed by atoms with Crippen molar-refractivity contribution in [2.75, 3.05) is 0 Å². The van der Waals surface area contributed by atoms with E-state index in [-0.39, 0.29) is 6.04 Å². The van der Waals surface area contributed by atoms with Crippen LogP contribution in [0.4, 0.5) is 11.4 Å². The van der Waals surface area contributed by atoms with Gasteiger partial charge in [0.2, 0.25) is 5.88 Å². The topological polar surface area (TPSA) is 49.9 Å². The molecule has 1 aliphatic carbocycles. The number of benzene rings is 3. The Hall–Kier alpha value is -3.70. The Labute approximate surface area is 222 Å². The van der Waals surface area contributed by atoms with E-state index in [0.717, 1.165) is 56.3 Å². The van der Waals surface area contributed by atoms with Crippen LogP contribution in [0.3, 0.4) is 0 Å². The Balaban J connectivity index is 1.55. The van der Waals surface area contributed by atoms with Gasteiger partial charge in [-0.1, -0.05) is 90.8 Å². The molecule has 0 amide bonds. The number of aliphatic imine (C=N–C) groups is 1. The van der Waals surface area contributed by atoms with Gasteiger partial charge in [-0.25, -0.2) is 9.98 Å². The minimum atomic E-state index is 0.266. The molecular formula is C32H31N3OS. The fourth-order valence-corrected chi connectivity index (χ4v) is 6.61. The molecule has 2 aliphatic rings. The van der Waals surface area contributed by atoms with E-state index in [1.165, 1.54) is 30.4 Å². The molecule has 1 fully saturated rings. The number of aromatic nitrogens is 1. The zero-order valence-corrected chi connectivity index (χ0v) is 22.1. The first-order valence-electron chi connectivity index (χ1n) is 13.1. The molecule has 1 aliphatic heterocycles. The average molecular weight is 506 g/mol. The quantitative estimate of drug-likeness (QED) is 0.298. The molecular weight excluding hydrogens is 474 g/mol. The Morgan fingerprint density at radius 2 is 1.65 bits per heavy atom. The number of nitrogens with zero attached hydrogens (tertiary/aromatic N) is 3. The van der Waals surface area contributed by atoms with Gasteiger partial charge in [0.1, 0.15) is 0 Å². The van der Waals surface area contributed by atoms with Gasteiger partial charge in [-0.15, -0.1) is 0 Å². The first-order chi connectivity index (χ1) is 18.1. The van der Waals surface area contributed by atoms with E-state index in [4.69, 9.17) is 9.98 Å². The smallest absolute Gasteiger partial charge is 0.211 e. The first-order valence-corrected chi connectivity index (χ1v) is 13.9. The second kappa shape index (κ2) is 9.98. The summed E-state index contributed by atoms with van der Waals surface area (Å²) in [6, 6.07) is 25.0. The third-order valence-electron chi connectivity index (χ3n) is 7.31. The second-order valence-electron chi connectivity index (χ2n) is 10.0. The normalized spacial score (nSPS) is 17.3. The molecule has 1 N–H and O–H groups in total. The van der Waals surface area contributed by atoms with Gasteiger partial charge in [0.05, 0.1) is 22.0 Å². The summed E-state index contributed by atoms with van der Waals surface area (Å²) in [4.78, 5) is 11.8. The molecule has 4 nitrogen and oxygen atoms in total. The number of para-hydroxylation sites is 1. The largest absolute Gasteiger partial charge is 0.493 e. The van der Waals surface area contributed by atoms with Crippen LogP contribution in [0, 0.1) is 13.8 Å². The Bertz CT molecular complexity index is 1570. The number of aryl methyl sites for hydroxylation is 2. The number of thiazole rings is 1. The number of allylic oxidation sites excluding steroid dienone is 1. The lowest BCUT2D eigenvalue weighted by atomic mass is 9.94. The summed E-state index contributed by atoms with van der Waals surface area (Å²) in [6.07, 6.45) is 7.90. The van der Waals surface area contributed by atoms with Gasteiger partial charge >= 0.3 is 0 Å². The summed E-state index contributed by atoms with van der Waals surface area (Å²) in [7, 11) is 0. The van der Waals surface area contributed by atoms with Crippen LogP contribution in [-0.4, -0.2) is 15.4 Å². The Morgan fingerprint density at radius 3 is 2.38 bits per heavy atom. The Kier molecular flexibility index (Phi) is 6.39. The van der Waals surface area contributed by atoms with Crippen LogP contribution in [0.25, 0.3) is 11.6 Å². The standard InChI is InChI=1S/C32H31N3OS/c1-21-18-22(2)29-26(19-21)27(30(34-29)23-12-6-3-7-13-23)20-28-31(36)35(25-16-10-5-11-17-25)32(37-28)33-24-14-8-4-9-15-24/h3-4,6-9,12-15,18-20,25,36H,5,10-11,16-17H2,1-2H3. The van der Waals surface area contributed by atoms with Crippen molar-refractivity contribution in [1.82, 2.24) is 4.57 Å². The zero-order chi connectivity index (χ0) is 25.4. The number of rotatable bonds is 4. The van der Waals surface area contributed by atoms with Crippen LogP contribution >= 0.6 is 11.3 Å². The molecule has 1 aromatic heterocycles. The number of fused-ring (bicyclic) bond motifs is 1. The highest BCUT2D eigenvalue weighted by Crippen LogP contribution is 2.43. The van der Waals surface area contributed by atoms with Gasteiger partial charge in [0, 0.05) is 22.7 Å². The zero-order valence-electron chi connectivity index (χ0n) is 21.3. The number of aromatic hydroxyl groups is 1. The minimum absolute atomic E-state index is 0.266. The molecule has 0 radical (unpaired) electrons. The van der Waals surface area contributed by atoms with Crippen LogP contribution in [0.2, 0.25) is 0 Å². The first kappa shape index (κ1) is 23.7. The van der Waals surface area contributed by atoms with E-state index in [2.05, 4.69) is 48.8 Å². The van der Waals surface area contributed by atoms with Crippen LogP contribution in [0.15, 0.2) is 82.8 Å². The van der Waals surface area contributed by atoms with Crippen molar-refractivity contribution in [1.29, 1.82) is 0 Å². The van der Waals surface area contributed by atoms with E-state index in [1.54, 1.807) is 11.3 Å². The van der Waals surface area contributed by atoms with Crippen molar-refractivity contribution in [3.8, 4) is 5.88 Å². The highest BCUT2D eigenvalue weighted by atomic mass is 32.1. The SMILES string of the molecule is Cc1cc(C)c2c(c1)C(=Cc1sc(=Nc3ccccc3)n(C3CCCCC3)c1O)C(c1ccccc1)=N2. The molecule has 4 aromatic rings. The maximum Gasteiger partial charge on any atom is 0.211 e. The fraction of sp³-hybridized carbons (Fsp3) is 0.250. The van der Waals surface area contributed by atoms with Crippen molar-refractivity contribution in [2.45, 2.75) is 52.0 Å². The van der Waals surface area contributed by atoms with E-state index in [9.17, 15) is 5.11 Å². The molecule has 37 heavy (non-hydrogen) atoms. The lowest BCUT2D eigenvalue weighted by Crippen LogP contribution is -2.22. The molecule has 5 heteroatoms. The summed E-state index contributed by atoms with van der Waals surface area (Å²) >= 11 is 1.56. The van der Waals surface area contributed by atoms with Crippen molar-refractivity contribution >= 4 is 40.1 Å². The molecule has 0 atom stereocenters. The van der Waals surface area contributed by atoms with Gasteiger partial charge in [0.15, 0.2) is 4.80 Å². The third kappa shape index (κ3) is 4.60. The molecule has 0 spiro atoms. The van der Waals surface area contributed by atoms with E-state index in [1.807, 2.05) is 48.5 Å². The predicted octanol–water partition coefficient (Wildman–Crippen LogP) is 8.28. The molecule has 0 saturated heterocycles. The summed E-state index contributed by atoms with van der Waals surface area (Å²) in [5.74, 6) is 0.310. The summed E-state index contributed by atoms with van der Waals surface area (Å²) in [5, 5.41) is 11.6. The lowest BCUT2D eigenvalue weighted by Gasteiger charge is -2.23. The van der Waals surface area contributed by atoms with Crippen molar-refractivity contribution in [3.05, 3.63) is 105 Å². The molecule has 0 bridgehead atoms. The van der Waals surface area contributed by atoms with Crippen LogP contribution in [0.1, 0.15) is 65.3 Å².